The zero-order valence-electron chi connectivity index (χ0n) is 11.1. The summed E-state index contributed by atoms with van der Waals surface area (Å²) in [5, 5.41) is 15.2. The number of rotatable bonds is 1. The van der Waals surface area contributed by atoms with Crippen molar-refractivity contribution in [3.05, 3.63) is 29.3 Å². The highest BCUT2D eigenvalue weighted by Gasteiger charge is 2.29. The normalized spacial score (nSPS) is 22.1. The maximum Gasteiger partial charge on any atom is 0.241 e. The van der Waals surface area contributed by atoms with E-state index in [-0.39, 0.29) is 30.2 Å². The summed E-state index contributed by atoms with van der Waals surface area (Å²) in [5.41, 5.74) is 2.17. The third kappa shape index (κ3) is 2.46. The van der Waals surface area contributed by atoms with Gasteiger partial charge in [-0.15, -0.1) is 0 Å². The lowest BCUT2D eigenvalue weighted by Crippen LogP contribution is -2.59. The molecular weight excluding hydrogens is 258 g/mol. The molecule has 1 saturated heterocycles. The van der Waals surface area contributed by atoms with Crippen molar-refractivity contribution in [2.75, 3.05) is 19.6 Å². The molecule has 3 N–H and O–H groups in total. The Morgan fingerprint density at radius 3 is 2.95 bits per heavy atom. The van der Waals surface area contributed by atoms with E-state index in [9.17, 15) is 14.7 Å². The molecule has 1 atom stereocenters. The highest BCUT2D eigenvalue weighted by molar-refractivity contribution is 5.87. The Morgan fingerprint density at radius 1 is 1.35 bits per heavy atom. The van der Waals surface area contributed by atoms with Crippen LogP contribution in [0.3, 0.4) is 0 Å². The van der Waals surface area contributed by atoms with Crippen molar-refractivity contribution in [1.29, 1.82) is 0 Å². The van der Waals surface area contributed by atoms with Crippen molar-refractivity contribution in [3.8, 4) is 5.75 Å². The molecule has 0 saturated carbocycles. The molecule has 106 valence electrons. The van der Waals surface area contributed by atoms with E-state index in [1.165, 1.54) is 5.56 Å². The molecule has 3 rings (SSSR count). The number of fused-ring (bicyclic) bond motifs is 1. The number of amides is 2. The summed E-state index contributed by atoms with van der Waals surface area (Å²) < 4.78 is 0. The molecule has 20 heavy (non-hydrogen) atoms. The highest BCUT2D eigenvalue weighted by atomic mass is 16.3. The Bertz CT molecular complexity index is 549. The number of nitrogens with one attached hydrogen (secondary N) is 2. The van der Waals surface area contributed by atoms with Gasteiger partial charge in [0.25, 0.3) is 0 Å². The highest BCUT2D eigenvalue weighted by Crippen LogP contribution is 2.23. The van der Waals surface area contributed by atoms with Gasteiger partial charge in [-0.3, -0.25) is 14.9 Å². The Kier molecular flexibility index (Phi) is 3.31. The molecule has 1 aromatic carbocycles. The first-order valence-electron chi connectivity index (χ1n) is 6.73. The van der Waals surface area contributed by atoms with Crippen LogP contribution in [-0.2, 0) is 22.6 Å². The van der Waals surface area contributed by atoms with Crippen molar-refractivity contribution in [3.63, 3.8) is 0 Å². The number of aromatic hydroxyl groups is 1. The first-order valence-corrected chi connectivity index (χ1v) is 6.73. The number of benzene rings is 1. The maximum absolute atomic E-state index is 12.4. The van der Waals surface area contributed by atoms with Crippen molar-refractivity contribution in [2.24, 2.45) is 0 Å². The zero-order chi connectivity index (χ0) is 14.1. The Hall–Kier alpha value is -2.08. The molecule has 0 aromatic heterocycles. The van der Waals surface area contributed by atoms with Crippen molar-refractivity contribution in [1.82, 2.24) is 15.5 Å². The molecule has 1 aromatic rings. The van der Waals surface area contributed by atoms with Crippen molar-refractivity contribution >= 4 is 11.8 Å². The summed E-state index contributed by atoms with van der Waals surface area (Å²) >= 11 is 0. The van der Waals surface area contributed by atoms with E-state index in [1.54, 1.807) is 17.0 Å². The van der Waals surface area contributed by atoms with Gasteiger partial charge in [0.15, 0.2) is 0 Å². The van der Waals surface area contributed by atoms with Crippen LogP contribution in [0.5, 0.6) is 5.75 Å². The predicted molar refractivity (Wildman–Crippen MR) is 72.0 cm³/mol. The summed E-state index contributed by atoms with van der Waals surface area (Å²) in [6, 6.07) is 4.94. The van der Waals surface area contributed by atoms with Gasteiger partial charge in [-0.2, -0.15) is 0 Å². The van der Waals surface area contributed by atoms with Gasteiger partial charge in [0.05, 0.1) is 6.54 Å². The van der Waals surface area contributed by atoms with Gasteiger partial charge < -0.3 is 15.3 Å². The monoisotopic (exact) mass is 275 g/mol. The van der Waals surface area contributed by atoms with E-state index < -0.39 is 0 Å². The molecule has 1 unspecified atom stereocenters. The van der Waals surface area contributed by atoms with Crippen LogP contribution in [0.4, 0.5) is 0 Å². The Labute approximate surface area is 116 Å². The van der Waals surface area contributed by atoms with Crippen LogP contribution in [0.15, 0.2) is 18.2 Å². The summed E-state index contributed by atoms with van der Waals surface area (Å²) in [5.74, 6) is 0.142. The topological polar surface area (TPSA) is 81.7 Å². The van der Waals surface area contributed by atoms with Gasteiger partial charge in [-0.05, 0) is 29.7 Å². The molecule has 2 heterocycles. The predicted octanol–water partition coefficient (Wildman–Crippen LogP) is -0.635. The van der Waals surface area contributed by atoms with Crippen LogP contribution in [-0.4, -0.2) is 47.5 Å². The Balaban J connectivity index is 1.70. The lowest BCUT2D eigenvalue weighted by atomic mass is 9.98. The summed E-state index contributed by atoms with van der Waals surface area (Å²) in [6.07, 6.45) is 0.792. The molecule has 6 heteroatoms. The first-order chi connectivity index (χ1) is 9.63. The third-order valence-electron chi connectivity index (χ3n) is 3.82. The standard InChI is InChI=1S/C14H17N3O3/c18-11-2-1-9-3-4-17(8-10(9)5-11)14(20)12-6-16-13(19)7-15-12/h1-2,5,12,15,18H,3-4,6-8H2,(H,16,19). The van der Waals surface area contributed by atoms with Gasteiger partial charge in [-0.25, -0.2) is 0 Å². The van der Waals surface area contributed by atoms with Crippen LogP contribution < -0.4 is 10.6 Å². The van der Waals surface area contributed by atoms with Crippen LogP contribution >= 0.6 is 0 Å². The molecule has 0 bridgehead atoms. The maximum atomic E-state index is 12.4. The number of nitrogens with zero attached hydrogens (tertiary/aromatic N) is 1. The fourth-order valence-electron chi connectivity index (χ4n) is 2.69. The largest absolute Gasteiger partial charge is 0.508 e. The number of carbonyl (C=O) groups excluding carboxylic acids is 2. The summed E-state index contributed by atoms with van der Waals surface area (Å²) in [4.78, 5) is 25.3. The number of hydrogen-bond acceptors (Lipinski definition) is 4. The number of piperazine rings is 1. The molecule has 0 aliphatic carbocycles. The fraction of sp³-hybridized carbons (Fsp3) is 0.429. The van der Waals surface area contributed by atoms with Crippen molar-refractivity contribution in [2.45, 2.75) is 19.0 Å². The van der Waals surface area contributed by atoms with E-state index >= 15 is 0 Å². The lowest BCUT2D eigenvalue weighted by Gasteiger charge is -2.33. The smallest absolute Gasteiger partial charge is 0.241 e. The number of phenols is 1. The minimum absolute atomic E-state index is 0.000933. The lowest BCUT2D eigenvalue weighted by molar-refractivity contribution is -0.135. The van der Waals surface area contributed by atoms with Crippen LogP contribution in [0.1, 0.15) is 11.1 Å². The molecule has 0 spiro atoms. The summed E-state index contributed by atoms with van der Waals surface area (Å²) in [7, 11) is 0. The number of carbonyl (C=O) groups is 2. The van der Waals surface area contributed by atoms with Crippen molar-refractivity contribution < 1.29 is 14.7 Å². The second-order valence-electron chi connectivity index (χ2n) is 5.20. The molecule has 1 fully saturated rings. The SMILES string of the molecule is O=C1CNC(C(=O)N2CCc3ccc(O)cc3C2)CN1. The van der Waals surface area contributed by atoms with Crippen LogP contribution in [0.25, 0.3) is 0 Å². The van der Waals surface area contributed by atoms with Gasteiger partial charge >= 0.3 is 0 Å². The molecule has 2 aliphatic heterocycles. The summed E-state index contributed by atoms with van der Waals surface area (Å²) in [6.45, 7) is 1.69. The number of phenolic OH excluding ortho intramolecular Hbond substituents is 1. The van der Waals surface area contributed by atoms with Gasteiger partial charge in [-0.1, -0.05) is 6.07 Å². The van der Waals surface area contributed by atoms with E-state index in [1.807, 2.05) is 6.07 Å². The van der Waals surface area contributed by atoms with Gasteiger partial charge in [0, 0.05) is 19.6 Å². The van der Waals surface area contributed by atoms with E-state index in [2.05, 4.69) is 10.6 Å². The molecule has 6 nitrogen and oxygen atoms in total. The Morgan fingerprint density at radius 2 is 2.20 bits per heavy atom. The average Bonchev–Trinajstić information content (AvgIpc) is 2.46. The van der Waals surface area contributed by atoms with E-state index in [4.69, 9.17) is 0 Å². The number of hydrogen-bond donors (Lipinski definition) is 3. The first kappa shape index (κ1) is 12.9. The second kappa shape index (κ2) is 5.13. The quantitative estimate of drug-likeness (QED) is 0.637. The second-order valence-corrected chi connectivity index (χ2v) is 5.20. The minimum atomic E-state index is -0.355. The van der Waals surface area contributed by atoms with Crippen LogP contribution in [0.2, 0.25) is 0 Å². The zero-order valence-corrected chi connectivity index (χ0v) is 11.1. The average molecular weight is 275 g/mol. The van der Waals surface area contributed by atoms with E-state index in [0.717, 1.165) is 12.0 Å². The molecule has 2 amide bonds. The van der Waals surface area contributed by atoms with Gasteiger partial charge in [0.2, 0.25) is 11.8 Å². The van der Waals surface area contributed by atoms with Crippen LogP contribution in [0, 0.1) is 0 Å². The minimum Gasteiger partial charge on any atom is -0.508 e. The molecule has 0 radical (unpaired) electrons. The fourth-order valence-corrected chi connectivity index (χ4v) is 2.69. The third-order valence-corrected chi connectivity index (χ3v) is 3.82. The van der Waals surface area contributed by atoms with Gasteiger partial charge in [0.1, 0.15) is 11.8 Å². The van der Waals surface area contributed by atoms with E-state index in [0.29, 0.717) is 19.6 Å². The molecule has 2 aliphatic rings. The molecular formula is C14H17N3O3.